The fourth-order valence-electron chi connectivity index (χ4n) is 2.79. The molecule has 2 aromatic carbocycles. The number of pyridine rings is 1. The van der Waals surface area contributed by atoms with Gasteiger partial charge >= 0.3 is 5.97 Å². The second-order valence-electron chi connectivity index (χ2n) is 6.43. The predicted octanol–water partition coefficient (Wildman–Crippen LogP) is 4.48. The largest absolute Gasteiger partial charge is 0.465 e. The summed E-state index contributed by atoms with van der Waals surface area (Å²) in [5, 5.41) is 6.06. The van der Waals surface area contributed by atoms with Crippen LogP contribution in [0.1, 0.15) is 31.8 Å². The van der Waals surface area contributed by atoms with Gasteiger partial charge in [0.2, 0.25) is 0 Å². The molecular weight excluding hydrogens is 354 g/mol. The number of methoxy groups -OCH3 is 1. The smallest absolute Gasteiger partial charge is 0.337 e. The van der Waals surface area contributed by atoms with Crippen molar-refractivity contribution in [2.24, 2.45) is 0 Å². The summed E-state index contributed by atoms with van der Waals surface area (Å²) in [7, 11) is 1.31. The SMILES string of the molecule is COC(=O)c1cccc(NC(=O)c2cncc(Nc3ccc(C)cc3C)c2)c1. The molecule has 0 aliphatic heterocycles. The quantitative estimate of drug-likeness (QED) is 0.643. The van der Waals surface area contributed by atoms with Crippen molar-refractivity contribution in [1.29, 1.82) is 0 Å². The number of benzene rings is 2. The zero-order valence-corrected chi connectivity index (χ0v) is 15.9. The molecule has 0 saturated carbocycles. The number of amides is 1. The van der Waals surface area contributed by atoms with E-state index in [2.05, 4.69) is 21.7 Å². The highest BCUT2D eigenvalue weighted by molar-refractivity contribution is 6.05. The van der Waals surface area contributed by atoms with Crippen molar-refractivity contribution >= 4 is 28.9 Å². The Kier molecular flexibility index (Phi) is 5.69. The molecule has 0 fully saturated rings. The molecule has 142 valence electrons. The van der Waals surface area contributed by atoms with Crippen LogP contribution in [0.25, 0.3) is 0 Å². The van der Waals surface area contributed by atoms with Gasteiger partial charge in [0.15, 0.2) is 0 Å². The number of nitrogens with zero attached hydrogens (tertiary/aromatic N) is 1. The minimum Gasteiger partial charge on any atom is -0.465 e. The zero-order chi connectivity index (χ0) is 20.1. The Hall–Kier alpha value is -3.67. The fourth-order valence-corrected chi connectivity index (χ4v) is 2.79. The normalized spacial score (nSPS) is 10.2. The van der Waals surface area contributed by atoms with Gasteiger partial charge in [0.25, 0.3) is 5.91 Å². The van der Waals surface area contributed by atoms with Crippen LogP contribution in [0.3, 0.4) is 0 Å². The lowest BCUT2D eigenvalue weighted by Gasteiger charge is -2.11. The topological polar surface area (TPSA) is 80.3 Å². The Morgan fingerprint density at radius 1 is 0.929 bits per heavy atom. The summed E-state index contributed by atoms with van der Waals surface area (Å²) >= 11 is 0. The van der Waals surface area contributed by atoms with E-state index in [-0.39, 0.29) is 5.91 Å². The van der Waals surface area contributed by atoms with E-state index in [1.807, 2.05) is 26.0 Å². The van der Waals surface area contributed by atoms with Crippen LogP contribution in [-0.2, 0) is 4.74 Å². The van der Waals surface area contributed by atoms with Crippen LogP contribution in [0.2, 0.25) is 0 Å². The maximum Gasteiger partial charge on any atom is 0.337 e. The lowest BCUT2D eigenvalue weighted by Crippen LogP contribution is -2.13. The standard InChI is InChI=1S/C22H21N3O3/c1-14-7-8-20(15(2)9-14)24-19-11-17(12-23-13-19)21(26)25-18-6-4-5-16(10-18)22(27)28-3/h4-13,24H,1-3H3,(H,25,26). The van der Waals surface area contributed by atoms with Gasteiger partial charge < -0.3 is 15.4 Å². The van der Waals surface area contributed by atoms with Gasteiger partial charge in [-0.1, -0.05) is 23.8 Å². The Morgan fingerprint density at radius 3 is 2.46 bits per heavy atom. The van der Waals surface area contributed by atoms with Crippen LogP contribution in [0.5, 0.6) is 0 Å². The van der Waals surface area contributed by atoms with Gasteiger partial charge in [0.1, 0.15) is 0 Å². The molecule has 0 spiro atoms. The summed E-state index contributed by atoms with van der Waals surface area (Å²) in [6.45, 7) is 4.06. The van der Waals surface area contributed by atoms with Gasteiger partial charge in [0, 0.05) is 17.6 Å². The fraction of sp³-hybridized carbons (Fsp3) is 0.136. The lowest BCUT2D eigenvalue weighted by atomic mass is 10.1. The summed E-state index contributed by atoms with van der Waals surface area (Å²) in [4.78, 5) is 28.4. The van der Waals surface area contributed by atoms with Gasteiger partial charge in [-0.15, -0.1) is 0 Å². The van der Waals surface area contributed by atoms with Crippen molar-refractivity contribution < 1.29 is 14.3 Å². The van der Waals surface area contributed by atoms with E-state index in [1.54, 1.807) is 36.5 Å². The molecule has 0 bridgehead atoms. The number of carbonyl (C=O) groups is 2. The molecule has 0 aliphatic rings. The molecule has 1 amide bonds. The molecule has 28 heavy (non-hydrogen) atoms. The first kappa shape index (κ1) is 19.1. The Bertz CT molecular complexity index is 1030. The first-order valence-corrected chi connectivity index (χ1v) is 8.75. The zero-order valence-electron chi connectivity index (χ0n) is 15.9. The molecule has 2 N–H and O–H groups in total. The van der Waals surface area contributed by atoms with Crippen LogP contribution >= 0.6 is 0 Å². The molecule has 0 saturated heterocycles. The molecule has 0 unspecified atom stereocenters. The third kappa shape index (κ3) is 4.54. The minimum absolute atomic E-state index is 0.321. The third-order valence-corrected chi connectivity index (χ3v) is 4.20. The van der Waals surface area contributed by atoms with Crippen molar-refractivity contribution in [2.45, 2.75) is 13.8 Å². The molecule has 0 aliphatic carbocycles. The van der Waals surface area contributed by atoms with E-state index in [4.69, 9.17) is 4.74 Å². The average molecular weight is 375 g/mol. The average Bonchev–Trinajstić information content (AvgIpc) is 2.70. The number of hydrogen-bond acceptors (Lipinski definition) is 5. The number of esters is 1. The summed E-state index contributed by atoms with van der Waals surface area (Å²) in [6, 6.07) is 14.4. The van der Waals surface area contributed by atoms with Crippen LogP contribution in [0, 0.1) is 13.8 Å². The third-order valence-electron chi connectivity index (χ3n) is 4.20. The molecule has 3 rings (SSSR count). The van der Waals surface area contributed by atoms with E-state index in [9.17, 15) is 9.59 Å². The number of aromatic nitrogens is 1. The van der Waals surface area contributed by atoms with E-state index < -0.39 is 5.97 Å². The number of ether oxygens (including phenoxy) is 1. The van der Waals surface area contributed by atoms with Crippen LogP contribution in [0.4, 0.5) is 17.1 Å². The van der Waals surface area contributed by atoms with E-state index >= 15 is 0 Å². The van der Waals surface area contributed by atoms with Crippen LogP contribution in [-0.4, -0.2) is 24.0 Å². The number of anilines is 3. The molecule has 0 atom stereocenters. The molecule has 3 aromatic rings. The first-order chi connectivity index (χ1) is 13.5. The van der Waals surface area contributed by atoms with Crippen molar-refractivity contribution in [2.75, 3.05) is 17.7 Å². The molecular formula is C22H21N3O3. The number of rotatable bonds is 5. The summed E-state index contributed by atoms with van der Waals surface area (Å²) in [5.41, 5.74) is 5.22. The van der Waals surface area contributed by atoms with Gasteiger partial charge in [-0.05, 0) is 49.7 Å². The Labute approximate surface area is 163 Å². The number of aryl methyl sites for hydroxylation is 2. The van der Waals surface area contributed by atoms with E-state index in [0.717, 1.165) is 11.3 Å². The molecule has 1 heterocycles. The minimum atomic E-state index is -0.461. The summed E-state index contributed by atoms with van der Waals surface area (Å²) in [6.07, 6.45) is 3.15. The van der Waals surface area contributed by atoms with Crippen LogP contribution < -0.4 is 10.6 Å². The second kappa shape index (κ2) is 8.35. The second-order valence-corrected chi connectivity index (χ2v) is 6.43. The van der Waals surface area contributed by atoms with Gasteiger partial charge in [0.05, 0.1) is 30.1 Å². The summed E-state index contributed by atoms with van der Waals surface area (Å²) in [5.74, 6) is -0.781. The van der Waals surface area contributed by atoms with Crippen LogP contribution in [0.15, 0.2) is 60.9 Å². The summed E-state index contributed by atoms with van der Waals surface area (Å²) < 4.78 is 4.70. The monoisotopic (exact) mass is 375 g/mol. The number of nitrogens with one attached hydrogen (secondary N) is 2. The first-order valence-electron chi connectivity index (χ1n) is 8.75. The molecule has 0 radical (unpaired) electrons. The van der Waals surface area contributed by atoms with Crippen molar-refractivity contribution in [3.05, 3.63) is 83.2 Å². The number of carbonyl (C=O) groups excluding carboxylic acids is 2. The van der Waals surface area contributed by atoms with Crippen molar-refractivity contribution in [1.82, 2.24) is 4.98 Å². The molecule has 6 nitrogen and oxygen atoms in total. The van der Waals surface area contributed by atoms with Gasteiger partial charge in [-0.3, -0.25) is 9.78 Å². The highest BCUT2D eigenvalue weighted by Crippen LogP contribution is 2.22. The Morgan fingerprint density at radius 2 is 1.71 bits per heavy atom. The molecule has 6 heteroatoms. The lowest BCUT2D eigenvalue weighted by molar-refractivity contribution is 0.0600. The highest BCUT2D eigenvalue weighted by Gasteiger charge is 2.11. The van der Waals surface area contributed by atoms with Crippen molar-refractivity contribution in [3.8, 4) is 0 Å². The maximum atomic E-state index is 12.6. The molecule has 1 aromatic heterocycles. The van der Waals surface area contributed by atoms with Gasteiger partial charge in [-0.25, -0.2) is 4.79 Å². The van der Waals surface area contributed by atoms with Gasteiger partial charge in [-0.2, -0.15) is 0 Å². The Balaban J connectivity index is 1.76. The maximum absolute atomic E-state index is 12.6. The van der Waals surface area contributed by atoms with E-state index in [0.29, 0.717) is 22.5 Å². The van der Waals surface area contributed by atoms with E-state index in [1.165, 1.54) is 18.9 Å². The van der Waals surface area contributed by atoms with Crippen molar-refractivity contribution in [3.63, 3.8) is 0 Å². The number of hydrogen-bond donors (Lipinski definition) is 2. The predicted molar refractivity (Wildman–Crippen MR) is 109 cm³/mol. The highest BCUT2D eigenvalue weighted by atomic mass is 16.5.